The zero-order chi connectivity index (χ0) is 21.1. The van der Waals surface area contributed by atoms with Gasteiger partial charge in [0.15, 0.2) is 0 Å². The Hall–Kier alpha value is -3.51. The number of nitrogens with zero attached hydrogens (tertiary/aromatic N) is 2. The Morgan fingerprint density at radius 2 is 1.90 bits per heavy atom. The maximum atomic E-state index is 13.0. The summed E-state index contributed by atoms with van der Waals surface area (Å²) in [6.45, 7) is 0.802. The Labute approximate surface area is 174 Å². The van der Waals surface area contributed by atoms with Crippen molar-refractivity contribution in [3.05, 3.63) is 83.7 Å². The van der Waals surface area contributed by atoms with E-state index in [1.165, 1.54) is 4.90 Å². The van der Waals surface area contributed by atoms with Crippen molar-refractivity contribution >= 4 is 28.2 Å². The van der Waals surface area contributed by atoms with Crippen LogP contribution in [-0.2, 0) is 14.3 Å². The number of rotatable bonds is 6. The zero-order valence-corrected chi connectivity index (χ0v) is 16.6. The maximum Gasteiger partial charge on any atom is 0.295 e. The number of aliphatic hydroxyl groups is 1. The lowest BCUT2D eigenvalue weighted by Crippen LogP contribution is -2.31. The molecule has 0 aliphatic carbocycles. The minimum atomic E-state index is -0.700. The number of pyridine rings is 1. The molecule has 3 aromatic rings. The van der Waals surface area contributed by atoms with E-state index in [4.69, 9.17) is 4.74 Å². The first-order valence-corrected chi connectivity index (χ1v) is 9.79. The van der Waals surface area contributed by atoms with Crippen molar-refractivity contribution in [3.63, 3.8) is 0 Å². The number of amides is 1. The molecule has 1 fully saturated rings. The molecule has 0 radical (unpaired) electrons. The number of methoxy groups -OCH3 is 1. The van der Waals surface area contributed by atoms with E-state index >= 15 is 0 Å². The number of likely N-dealkylation sites (tertiary alicyclic amines) is 1. The topological polar surface area (TPSA) is 79.7 Å². The smallest absolute Gasteiger partial charge is 0.295 e. The number of ether oxygens (including phenoxy) is 1. The number of aromatic nitrogens is 1. The van der Waals surface area contributed by atoms with Gasteiger partial charge in [-0.25, -0.2) is 0 Å². The molecule has 1 atom stereocenters. The lowest BCUT2D eigenvalue weighted by atomic mass is 9.94. The number of hydrogen-bond acceptors (Lipinski definition) is 5. The third-order valence-corrected chi connectivity index (χ3v) is 5.33. The summed E-state index contributed by atoms with van der Waals surface area (Å²) in [5, 5.41) is 13.0. The van der Waals surface area contributed by atoms with Crippen LogP contribution in [0.5, 0.6) is 0 Å². The van der Waals surface area contributed by atoms with Crippen LogP contribution in [0.25, 0.3) is 16.5 Å². The van der Waals surface area contributed by atoms with Crippen LogP contribution < -0.4 is 0 Å². The van der Waals surface area contributed by atoms with Crippen LogP contribution in [0.4, 0.5) is 0 Å². The predicted octanol–water partition coefficient (Wildman–Crippen LogP) is 3.69. The molecule has 1 unspecified atom stereocenters. The highest BCUT2D eigenvalue weighted by Gasteiger charge is 2.46. The molecule has 1 aliphatic heterocycles. The molecule has 1 amide bonds. The fraction of sp³-hybridized carbons (Fsp3) is 0.208. The summed E-state index contributed by atoms with van der Waals surface area (Å²) in [5.74, 6) is -1.48. The summed E-state index contributed by atoms with van der Waals surface area (Å²) in [4.78, 5) is 31.5. The van der Waals surface area contributed by atoms with Gasteiger partial charge in [0.05, 0.1) is 11.6 Å². The number of Topliss-reactive ketones (excluding diaryl/α,β-unsaturated/α-hetero) is 1. The molecule has 30 heavy (non-hydrogen) atoms. The summed E-state index contributed by atoms with van der Waals surface area (Å²) in [6.07, 6.45) is 3.83. The third kappa shape index (κ3) is 3.46. The Balaban J connectivity index is 1.89. The number of fused-ring (bicyclic) bond motifs is 1. The Morgan fingerprint density at radius 3 is 2.67 bits per heavy atom. The van der Waals surface area contributed by atoms with Crippen LogP contribution in [0.3, 0.4) is 0 Å². The molecule has 152 valence electrons. The molecule has 0 saturated carbocycles. The van der Waals surface area contributed by atoms with Crippen LogP contribution >= 0.6 is 0 Å². The summed E-state index contributed by atoms with van der Waals surface area (Å²) < 4.78 is 5.10. The molecule has 2 heterocycles. The quantitative estimate of drug-likeness (QED) is 0.294. The molecule has 4 rings (SSSR count). The van der Waals surface area contributed by atoms with Gasteiger partial charge in [-0.05, 0) is 28.8 Å². The van der Waals surface area contributed by atoms with Crippen molar-refractivity contribution in [2.45, 2.75) is 12.5 Å². The molecular weight excluding hydrogens is 380 g/mol. The highest BCUT2D eigenvalue weighted by atomic mass is 16.5. The van der Waals surface area contributed by atoms with Gasteiger partial charge in [-0.1, -0.05) is 48.5 Å². The van der Waals surface area contributed by atoms with Crippen LogP contribution in [-0.4, -0.2) is 46.9 Å². The molecule has 1 aromatic heterocycles. The highest BCUT2D eigenvalue weighted by Crippen LogP contribution is 2.40. The van der Waals surface area contributed by atoms with Gasteiger partial charge in [-0.3, -0.25) is 14.6 Å². The summed E-state index contributed by atoms with van der Waals surface area (Å²) >= 11 is 0. The second-order valence-corrected chi connectivity index (χ2v) is 7.15. The molecule has 1 saturated heterocycles. The molecule has 1 aliphatic rings. The average molecular weight is 402 g/mol. The van der Waals surface area contributed by atoms with E-state index in [9.17, 15) is 14.7 Å². The number of hydrogen-bond donors (Lipinski definition) is 1. The number of aliphatic hydroxyl groups excluding tert-OH is 1. The number of benzene rings is 2. The van der Waals surface area contributed by atoms with E-state index in [0.29, 0.717) is 30.7 Å². The van der Waals surface area contributed by atoms with Crippen molar-refractivity contribution < 1.29 is 19.4 Å². The van der Waals surface area contributed by atoms with E-state index in [1.807, 2.05) is 42.5 Å². The van der Waals surface area contributed by atoms with Gasteiger partial charge in [0, 0.05) is 38.2 Å². The molecular formula is C24H22N2O4. The predicted molar refractivity (Wildman–Crippen MR) is 114 cm³/mol. The van der Waals surface area contributed by atoms with Crippen molar-refractivity contribution in [2.75, 3.05) is 20.3 Å². The van der Waals surface area contributed by atoms with E-state index in [-0.39, 0.29) is 11.3 Å². The van der Waals surface area contributed by atoms with Gasteiger partial charge < -0.3 is 14.7 Å². The molecule has 6 nitrogen and oxygen atoms in total. The van der Waals surface area contributed by atoms with E-state index in [0.717, 1.165) is 10.8 Å². The number of ketones is 1. The van der Waals surface area contributed by atoms with Crippen LogP contribution in [0.1, 0.15) is 23.6 Å². The highest BCUT2D eigenvalue weighted by molar-refractivity contribution is 6.46. The minimum absolute atomic E-state index is 0.0850. The summed E-state index contributed by atoms with van der Waals surface area (Å²) in [5.41, 5.74) is 1.29. The van der Waals surface area contributed by atoms with Gasteiger partial charge in [0.25, 0.3) is 11.7 Å². The van der Waals surface area contributed by atoms with Crippen molar-refractivity contribution in [1.29, 1.82) is 0 Å². The van der Waals surface area contributed by atoms with Crippen LogP contribution in [0.2, 0.25) is 0 Å². The van der Waals surface area contributed by atoms with Gasteiger partial charge in [0.1, 0.15) is 5.76 Å². The zero-order valence-electron chi connectivity index (χ0n) is 16.6. The van der Waals surface area contributed by atoms with Gasteiger partial charge >= 0.3 is 0 Å². The standard InChI is InChI=1S/C24H22N2O4/c1-30-14-6-13-26-21(17-9-5-12-25-15-17)20(23(28)24(26)29)22(27)19-11-4-8-16-7-2-3-10-18(16)19/h2-5,7-12,15,21,27H,6,13-14H2,1H3/b22-20-. The van der Waals surface area contributed by atoms with Gasteiger partial charge in [-0.15, -0.1) is 0 Å². The molecule has 6 heteroatoms. The minimum Gasteiger partial charge on any atom is -0.507 e. The normalized spacial score (nSPS) is 18.3. The maximum absolute atomic E-state index is 13.0. The van der Waals surface area contributed by atoms with Gasteiger partial charge in [0.2, 0.25) is 0 Å². The van der Waals surface area contributed by atoms with Gasteiger partial charge in [-0.2, -0.15) is 0 Å². The molecule has 0 bridgehead atoms. The first-order chi connectivity index (χ1) is 14.6. The fourth-order valence-electron chi connectivity index (χ4n) is 3.95. The molecule has 1 N–H and O–H groups in total. The average Bonchev–Trinajstić information content (AvgIpc) is 3.04. The first kappa shape index (κ1) is 19.8. The second kappa shape index (κ2) is 8.47. The second-order valence-electron chi connectivity index (χ2n) is 7.15. The third-order valence-electron chi connectivity index (χ3n) is 5.33. The lowest BCUT2D eigenvalue weighted by Gasteiger charge is -2.25. The van der Waals surface area contributed by atoms with E-state index in [1.54, 1.807) is 31.6 Å². The van der Waals surface area contributed by atoms with Crippen molar-refractivity contribution in [2.24, 2.45) is 0 Å². The molecule has 0 spiro atoms. The van der Waals surface area contributed by atoms with Crippen molar-refractivity contribution in [1.82, 2.24) is 9.88 Å². The Morgan fingerprint density at radius 1 is 1.10 bits per heavy atom. The van der Waals surface area contributed by atoms with Crippen LogP contribution in [0, 0.1) is 0 Å². The summed E-state index contributed by atoms with van der Waals surface area (Å²) in [7, 11) is 1.59. The summed E-state index contributed by atoms with van der Waals surface area (Å²) in [6, 6.07) is 16.0. The SMILES string of the molecule is COCCCN1C(=O)C(=O)/C(=C(\O)c2cccc3ccccc23)C1c1cccnc1. The van der Waals surface area contributed by atoms with E-state index < -0.39 is 17.7 Å². The monoisotopic (exact) mass is 402 g/mol. The lowest BCUT2D eigenvalue weighted by molar-refractivity contribution is -0.140. The van der Waals surface area contributed by atoms with Crippen LogP contribution in [0.15, 0.2) is 72.6 Å². The first-order valence-electron chi connectivity index (χ1n) is 9.79. The largest absolute Gasteiger partial charge is 0.507 e. The molecule has 2 aromatic carbocycles. The van der Waals surface area contributed by atoms with Crippen molar-refractivity contribution in [3.8, 4) is 0 Å². The number of carbonyl (C=O) groups is 2. The van der Waals surface area contributed by atoms with E-state index in [2.05, 4.69) is 4.98 Å². The fourth-order valence-corrected chi connectivity index (χ4v) is 3.95. The Kier molecular flexibility index (Phi) is 5.59. The number of carbonyl (C=O) groups excluding carboxylic acids is 2. The Bertz CT molecular complexity index is 1120.